The van der Waals surface area contributed by atoms with E-state index < -0.39 is 0 Å². The average molecular weight is 183 g/mol. The van der Waals surface area contributed by atoms with Crippen LogP contribution in [0.5, 0.6) is 0 Å². The molecule has 0 aromatic heterocycles. The molecule has 3 N–H and O–H groups in total. The third-order valence-corrected chi connectivity index (χ3v) is 1.92. The van der Waals surface area contributed by atoms with E-state index in [1.165, 1.54) is 0 Å². The Kier molecular flexibility index (Phi) is 2.81. The molecule has 1 rings (SSSR count). The van der Waals surface area contributed by atoms with Crippen molar-refractivity contribution in [3.8, 4) is 0 Å². The van der Waals surface area contributed by atoms with Crippen LogP contribution in [0.3, 0.4) is 0 Å². The molecule has 0 radical (unpaired) electrons. The predicted molar refractivity (Wildman–Crippen MR) is 55.1 cm³/mol. The Labute approximate surface area is 77.8 Å². The number of nitrogens with one attached hydrogen (secondary N) is 1. The van der Waals surface area contributed by atoms with Crippen LogP contribution in [0.1, 0.15) is 13.8 Å². The minimum atomic E-state index is 0.538. The molecule has 0 amide bonds. The SMILES string of the molecule is C/C=C1/C(N)=NCN/C1=C(\C)S. The summed E-state index contributed by atoms with van der Waals surface area (Å²) in [7, 11) is 0. The van der Waals surface area contributed by atoms with Gasteiger partial charge >= 0.3 is 0 Å². The van der Waals surface area contributed by atoms with E-state index in [4.69, 9.17) is 5.73 Å². The van der Waals surface area contributed by atoms with Gasteiger partial charge in [-0.1, -0.05) is 6.08 Å². The van der Waals surface area contributed by atoms with Crippen LogP contribution in [0, 0.1) is 0 Å². The molecule has 1 heterocycles. The molecule has 0 unspecified atom stereocenters. The average Bonchev–Trinajstić information content (AvgIpc) is 2.03. The Morgan fingerprint density at radius 3 is 2.83 bits per heavy atom. The standard InChI is InChI=1S/C8H13N3S/c1-3-6-7(5(2)12)10-4-11-8(6)9/h3,10,12H,4H2,1-2H3,(H2,9,11)/b6-3+,7-5+. The van der Waals surface area contributed by atoms with Crippen LogP contribution >= 0.6 is 12.6 Å². The molecule has 0 spiro atoms. The van der Waals surface area contributed by atoms with Crippen LogP contribution in [0.15, 0.2) is 27.2 Å². The highest BCUT2D eigenvalue weighted by atomic mass is 32.1. The molecular weight excluding hydrogens is 170 g/mol. The molecule has 0 atom stereocenters. The molecule has 0 bridgehead atoms. The van der Waals surface area contributed by atoms with Crippen molar-refractivity contribution in [2.24, 2.45) is 10.7 Å². The van der Waals surface area contributed by atoms with Crippen molar-refractivity contribution >= 4 is 18.5 Å². The van der Waals surface area contributed by atoms with Gasteiger partial charge in [-0.25, -0.2) is 4.99 Å². The number of rotatable bonds is 0. The highest BCUT2D eigenvalue weighted by molar-refractivity contribution is 7.84. The van der Waals surface area contributed by atoms with Crippen LogP contribution in [-0.2, 0) is 0 Å². The predicted octanol–water partition coefficient (Wildman–Crippen LogP) is 1.01. The largest absolute Gasteiger partial charge is 0.383 e. The van der Waals surface area contributed by atoms with Gasteiger partial charge < -0.3 is 11.1 Å². The van der Waals surface area contributed by atoms with Gasteiger partial charge in [0.1, 0.15) is 12.5 Å². The topological polar surface area (TPSA) is 50.4 Å². The second-order valence-electron chi connectivity index (χ2n) is 2.54. The first-order chi connectivity index (χ1) is 5.66. The van der Waals surface area contributed by atoms with Gasteiger partial charge in [-0.15, -0.1) is 12.6 Å². The van der Waals surface area contributed by atoms with E-state index in [1.807, 2.05) is 19.9 Å². The van der Waals surface area contributed by atoms with Crippen LogP contribution in [0.25, 0.3) is 0 Å². The number of amidine groups is 1. The second-order valence-corrected chi connectivity index (χ2v) is 3.21. The van der Waals surface area contributed by atoms with Gasteiger partial charge in [-0.2, -0.15) is 0 Å². The summed E-state index contributed by atoms with van der Waals surface area (Å²) in [5.74, 6) is 0.583. The number of nitrogens with two attached hydrogens (primary N) is 1. The first-order valence-electron chi connectivity index (χ1n) is 3.77. The second kappa shape index (κ2) is 3.67. The van der Waals surface area contributed by atoms with E-state index >= 15 is 0 Å². The Bertz CT molecular complexity index is 272. The van der Waals surface area contributed by atoms with Crippen LogP contribution in [0.2, 0.25) is 0 Å². The monoisotopic (exact) mass is 183 g/mol. The lowest BCUT2D eigenvalue weighted by Gasteiger charge is -2.19. The fourth-order valence-corrected chi connectivity index (χ4v) is 1.33. The van der Waals surface area contributed by atoms with Gasteiger partial charge in [0.2, 0.25) is 0 Å². The van der Waals surface area contributed by atoms with E-state index in [-0.39, 0.29) is 0 Å². The third-order valence-electron chi connectivity index (χ3n) is 1.70. The molecule has 0 aliphatic carbocycles. The molecule has 0 saturated carbocycles. The number of hydrogen-bond acceptors (Lipinski definition) is 4. The highest BCUT2D eigenvalue weighted by Crippen LogP contribution is 2.17. The number of hydrogen-bond donors (Lipinski definition) is 3. The van der Waals surface area contributed by atoms with E-state index in [0.29, 0.717) is 12.5 Å². The molecule has 0 saturated heterocycles. The maximum Gasteiger partial charge on any atom is 0.129 e. The lowest BCUT2D eigenvalue weighted by Crippen LogP contribution is -2.30. The Morgan fingerprint density at radius 1 is 1.75 bits per heavy atom. The molecule has 3 nitrogen and oxygen atoms in total. The molecule has 12 heavy (non-hydrogen) atoms. The molecule has 66 valence electrons. The molecule has 1 aliphatic rings. The third kappa shape index (κ3) is 1.64. The van der Waals surface area contributed by atoms with Crippen molar-refractivity contribution in [1.29, 1.82) is 0 Å². The zero-order valence-electron chi connectivity index (χ0n) is 7.26. The maximum absolute atomic E-state index is 5.69. The normalized spacial score (nSPS) is 24.9. The summed E-state index contributed by atoms with van der Waals surface area (Å²) in [5.41, 5.74) is 7.61. The van der Waals surface area contributed by atoms with Gasteiger partial charge in [0.05, 0.1) is 5.70 Å². The summed E-state index contributed by atoms with van der Waals surface area (Å²) in [4.78, 5) is 4.99. The molecule has 1 aliphatic heterocycles. The summed E-state index contributed by atoms with van der Waals surface area (Å²) < 4.78 is 0. The van der Waals surface area contributed by atoms with Crippen molar-refractivity contribution < 1.29 is 0 Å². The van der Waals surface area contributed by atoms with E-state index in [1.54, 1.807) is 0 Å². The van der Waals surface area contributed by atoms with E-state index in [2.05, 4.69) is 22.9 Å². The highest BCUT2D eigenvalue weighted by Gasteiger charge is 2.13. The van der Waals surface area contributed by atoms with Gasteiger partial charge in [0.15, 0.2) is 0 Å². The number of nitrogens with zero attached hydrogens (tertiary/aromatic N) is 1. The molecule has 0 fully saturated rings. The summed E-state index contributed by atoms with van der Waals surface area (Å²) in [6, 6.07) is 0. The first kappa shape index (κ1) is 9.19. The molecule has 0 aromatic carbocycles. The quantitative estimate of drug-likeness (QED) is 0.491. The fourth-order valence-electron chi connectivity index (χ4n) is 1.13. The van der Waals surface area contributed by atoms with Gasteiger partial charge in [0, 0.05) is 10.5 Å². The number of thiol groups is 1. The maximum atomic E-state index is 5.69. The Morgan fingerprint density at radius 2 is 2.42 bits per heavy atom. The first-order valence-corrected chi connectivity index (χ1v) is 4.22. The Balaban J connectivity index is 3.10. The van der Waals surface area contributed by atoms with Gasteiger partial charge in [-0.05, 0) is 13.8 Å². The van der Waals surface area contributed by atoms with Crippen molar-refractivity contribution in [2.45, 2.75) is 13.8 Å². The minimum absolute atomic E-state index is 0.538. The summed E-state index contributed by atoms with van der Waals surface area (Å²) >= 11 is 4.26. The summed E-state index contributed by atoms with van der Waals surface area (Å²) in [6.07, 6.45) is 1.93. The van der Waals surface area contributed by atoms with Crippen molar-refractivity contribution in [1.82, 2.24) is 5.32 Å². The zero-order chi connectivity index (χ0) is 9.14. The summed E-state index contributed by atoms with van der Waals surface area (Å²) in [5, 5.41) is 3.12. The number of aliphatic imine (C=N–C) groups is 1. The molecule has 0 aromatic rings. The van der Waals surface area contributed by atoms with Crippen LogP contribution < -0.4 is 11.1 Å². The van der Waals surface area contributed by atoms with Crippen LogP contribution in [-0.4, -0.2) is 12.5 Å². The van der Waals surface area contributed by atoms with Gasteiger partial charge in [-0.3, -0.25) is 0 Å². The number of allylic oxidation sites excluding steroid dienone is 2. The lowest BCUT2D eigenvalue weighted by atomic mass is 10.1. The fraction of sp³-hybridized carbons (Fsp3) is 0.375. The van der Waals surface area contributed by atoms with Crippen molar-refractivity contribution in [3.63, 3.8) is 0 Å². The zero-order valence-corrected chi connectivity index (χ0v) is 8.15. The van der Waals surface area contributed by atoms with E-state index in [9.17, 15) is 0 Å². The van der Waals surface area contributed by atoms with Gasteiger partial charge in [0.25, 0.3) is 0 Å². The minimum Gasteiger partial charge on any atom is -0.383 e. The summed E-state index contributed by atoms with van der Waals surface area (Å²) in [6.45, 7) is 4.39. The van der Waals surface area contributed by atoms with Crippen LogP contribution in [0.4, 0.5) is 0 Å². The van der Waals surface area contributed by atoms with Crippen molar-refractivity contribution in [2.75, 3.05) is 6.67 Å². The van der Waals surface area contributed by atoms with E-state index in [0.717, 1.165) is 16.2 Å². The van der Waals surface area contributed by atoms with Crippen molar-refractivity contribution in [3.05, 3.63) is 22.3 Å². The Hall–Kier alpha value is -0.900. The smallest absolute Gasteiger partial charge is 0.129 e. The lowest BCUT2D eigenvalue weighted by molar-refractivity contribution is 0.815. The molecule has 4 heteroatoms. The molecular formula is C8H13N3S.